The average Bonchev–Trinajstić information content (AvgIpc) is 2.53. The van der Waals surface area contributed by atoms with E-state index in [4.69, 9.17) is 0 Å². The lowest BCUT2D eigenvalue weighted by Gasteiger charge is -2.38. The van der Waals surface area contributed by atoms with Gasteiger partial charge in [-0.1, -0.05) is 6.07 Å². The van der Waals surface area contributed by atoms with E-state index in [0.717, 1.165) is 44.0 Å². The number of aromatic nitrogens is 1. The third kappa shape index (κ3) is 4.04. The van der Waals surface area contributed by atoms with Crippen LogP contribution in [0.4, 0.5) is 18.9 Å². The number of aryl methyl sites for hydroxylation is 1. The molecule has 3 rings (SSSR count). The summed E-state index contributed by atoms with van der Waals surface area (Å²) in [4.78, 5) is 8.87. The largest absolute Gasteiger partial charge is 0.416 e. The molecule has 7 heteroatoms. The Bertz CT molecular complexity index is 760. The number of hydrogen-bond donors (Lipinski definition) is 1. The smallest absolute Gasteiger partial charge is 0.383 e. The zero-order chi connectivity index (χ0) is 18.2. The number of nitrogens with zero attached hydrogens (tertiary/aromatic N) is 3. The summed E-state index contributed by atoms with van der Waals surface area (Å²) in [7, 11) is 4.20. The predicted octanol–water partition coefficient (Wildman–Crippen LogP) is 3.22. The Labute approximate surface area is 145 Å². The Kier molecular flexibility index (Phi) is 4.88. The van der Waals surface area contributed by atoms with E-state index in [0.29, 0.717) is 22.6 Å². The molecule has 1 aliphatic heterocycles. The second kappa shape index (κ2) is 6.80. The van der Waals surface area contributed by atoms with E-state index >= 15 is 0 Å². The second-order valence-corrected chi connectivity index (χ2v) is 6.82. The van der Waals surface area contributed by atoms with Crippen LogP contribution in [0.5, 0.6) is 0 Å². The standard InChI is InChI=1S/C18H23F3N4/c1-12-8-16(22-10-14-11-24(2)6-7-25(14)3)15-5-4-13(18(19,20)21)9-17(15)23-12/h4-5,8-9,14H,6-7,10-11H2,1-3H3,(H,22,23). The number of likely N-dealkylation sites (N-methyl/N-ethyl adjacent to an activating group) is 2. The van der Waals surface area contributed by atoms with Gasteiger partial charge in [-0.05, 0) is 39.2 Å². The molecule has 1 aromatic carbocycles. The summed E-state index contributed by atoms with van der Waals surface area (Å²) in [5, 5.41) is 4.13. The van der Waals surface area contributed by atoms with Crippen LogP contribution in [-0.4, -0.2) is 61.1 Å². The first-order valence-electron chi connectivity index (χ1n) is 8.35. The van der Waals surface area contributed by atoms with Gasteiger partial charge in [-0.3, -0.25) is 9.88 Å². The van der Waals surface area contributed by atoms with Crippen molar-refractivity contribution in [3.63, 3.8) is 0 Å². The molecule has 0 bridgehead atoms. The Morgan fingerprint density at radius 3 is 2.68 bits per heavy atom. The molecule has 0 radical (unpaired) electrons. The van der Waals surface area contributed by atoms with E-state index in [1.807, 2.05) is 6.07 Å². The molecule has 1 fully saturated rings. The van der Waals surface area contributed by atoms with E-state index in [1.54, 1.807) is 6.92 Å². The van der Waals surface area contributed by atoms with Gasteiger partial charge in [-0.15, -0.1) is 0 Å². The van der Waals surface area contributed by atoms with Crippen molar-refractivity contribution in [1.82, 2.24) is 14.8 Å². The molecule has 2 heterocycles. The molecule has 1 aliphatic rings. The molecule has 1 aromatic heterocycles. The van der Waals surface area contributed by atoms with Gasteiger partial charge < -0.3 is 10.2 Å². The summed E-state index contributed by atoms with van der Waals surface area (Å²) in [5.74, 6) is 0. The van der Waals surface area contributed by atoms with Crippen LogP contribution in [0, 0.1) is 6.92 Å². The SMILES string of the molecule is Cc1cc(NCC2CN(C)CCN2C)c2ccc(C(F)(F)F)cc2n1. The third-order valence-electron chi connectivity index (χ3n) is 4.77. The van der Waals surface area contributed by atoms with Gasteiger partial charge in [0.15, 0.2) is 0 Å². The van der Waals surface area contributed by atoms with Gasteiger partial charge in [-0.2, -0.15) is 13.2 Å². The zero-order valence-corrected chi connectivity index (χ0v) is 14.7. The summed E-state index contributed by atoms with van der Waals surface area (Å²) in [6.45, 7) is 5.55. The Morgan fingerprint density at radius 1 is 1.20 bits per heavy atom. The molecule has 1 N–H and O–H groups in total. The molecule has 0 aliphatic carbocycles. The first kappa shape index (κ1) is 17.9. The number of benzene rings is 1. The highest BCUT2D eigenvalue weighted by Crippen LogP contribution is 2.33. The van der Waals surface area contributed by atoms with Crippen LogP contribution >= 0.6 is 0 Å². The van der Waals surface area contributed by atoms with Gasteiger partial charge in [-0.25, -0.2) is 0 Å². The lowest BCUT2D eigenvalue weighted by molar-refractivity contribution is -0.137. The highest BCUT2D eigenvalue weighted by atomic mass is 19.4. The summed E-state index contributed by atoms with van der Waals surface area (Å²) in [5.41, 5.74) is 1.23. The fourth-order valence-electron chi connectivity index (χ4n) is 3.23. The Balaban J connectivity index is 1.86. The predicted molar refractivity (Wildman–Crippen MR) is 93.9 cm³/mol. The number of rotatable bonds is 3. The van der Waals surface area contributed by atoms with Crippen LogP contribution in [0.1, 0.15) is 11.3 Å². The minimum absolute atomic E-state index is 0.358. The number of halogens is 3. The number of piperazine rings is 1. The lowest BCUT2D eigenvalue weighted by atomic mass is 10.1. The maximum Gasteiger partial charge on any atom is 0.416 e. The van der Waals surface area contributed by atoms with Gasteiger partial charge >= 0.3 is 6.18 Å². The number of hydrogen-bond acceptors (Lipinski definition) is 4. The molecule has 1 saturated heterocycles. The monoisotopic (exact) mass is 352 g/mol. The van der Waals surface area contributed by atoms with E-state index in [1.165, 1.54) is 6.07 Å². The highest BCUT2D eigenvalue weighted by Gasteiger charge is 2.30. The third-order valence-corrected chi connectivity index (χ3v) is 4.77. The Hall–Kier alpha value is -1.86. The summed E-state index contributed by atoms with van der Waals surface area (Å²) < 4.78 is 38.8. The molecule has 25 heavy (non-hydrogen) atoms. The normalized spacial score (nSPS) is 20.2. The fourth-order valence-corrected chi connectivity index (χ4v) is 3.23. The molecule has 2 aromatic rings. The van der Waals surface area contributed by atoms with Crippen LogP contribution in [0.25, 0.3) is 10.9 Å². The van der Waals surface area contributed by atoms with Crippen LogP contribution in [0.15, 0.2) is 24.3 Å². The maximum atomic E-state index is 12.9. The first-order chi connectivity index (χ1) is 11.7. The van der Waals surface area contributed by atoms with Crippen molar-refractivity contribution in [3.8, 4) is 0 Å². The average molecular weight is 352 g/mol. The molecule has 0 saturated carbocycles. The molecule has 136 valence electrons. The molecule has 0 amide bonds. The van der Waals surface area contributed by atoms with Crippen molar-refractivity contribution < 1.29 is 13.2 Å². The summed E-state index contributed by atoms with van der Waals surface area (Å²) >= 11 is 0. The van der Waals surface area contributed by atoms with Crippen LogP contribution in [-0.2, 0) is 6.18 Å². The second-order valence-electron chi connectivity index (χ2n) is 6.82. The molecular weight excluding hydrogens is 329 g/mol. The number of nitrogens with one attached hydrogen (secondary N) is 1. The number of fused-ring (bicyclic) bond motifs is 1. The van der Waals surface area contributed by atoms with Gasteiger partial charge in [0.2, 0.25) is 0 Å². The summed E-state index contributed by atoms with van der Waals surface area (Å²) in [6.07, 6.45) is -4.36. The minimum Gasteiger partial charge on any atom is -0.383 e. The van der Waals surface area contributed by atoms with Gasteiger partial charge in [0, 0.05) is 49.0 Å². The van der Waals surface area contributed by atoms with Crippen molar-refractivity contribution in [2.24, 2.45) is 0 Å². The van der Waals surface area contributed by atoms with Gasteiger partial charge in [0.05, 0.1) is 11.1 Å². The molecule has 0 spiro atoms. The van der Waals surface area contributed by atoms with Crippen LogP contribution in [0.3, 0.4) is 0 Å². The number of anilines is 1. The number of alkyl halides is 3. The van der Waals surface area contributed by atoms with E-state index in [9.17, 15) is 13.2 Å². The molecule has 1 unspecified atom stereocenters. The first-order valence-corrected chi connectivity index (χ1v) is 8.35. The van der Waals surface area contributed by atoms with Crippen molar-refractivity contribution in [2.45, 2.75) is 19.1 Å². The van der Waals surface area contributed by atoms with Crippen molar-refractivity contribution in [1.29, 1.82) is 0 Å². The Morgan fingerprint density at radius 2 is 1.96 bits per heavy atom. The number of pyridine rings is 1. The fraction of sp³-hybridized carbons (Fsp3) is 0.500. The van der Waals surface area contributed by atoms with E-state index in [2.05, 4.69) is 34.2 Å². The molecule has 4 nitrogen and oxygen atoms in total. The zero-order valence-electron chi connectivity index (χ0n) is 14.7. The lowest BCUT2D eigenvalue weighted by Crippen LogP contribution is -2.52. The molecule has 1 atom stereocenters. The quantitative estimate of drug-likeness (QED) is 0.919. The minimum atomic E-state index is -4.36. The van der Waals surface area contributed by atoms with Crippen molar-refractivity contribution in [2.75, 3.05) is 45.6 Å². The van der Waals surface area contributed by atoms with Gasteiger partial charge in [0.1, 0.15) is 0 Å². The maximum absolute atomic E-state index is 12.9. The van der Waals surface area contributed by atoms with E-state index in [-0.39, 0.29) is 0 Å². The highest BCUT2D eigenvalue weighted by molar-refractivity contribution is 5.92. The van der Waals surface area contributed by atoms with Crippen molar-refractivity contribution >= 4 is 16.6 Å². The van der Waals surface area contributed by atoms with E-state index < -0.39 is 11.7 Å². The molecular formula is C18H23F3N4. The van der Waals surface area contributed by atoms with Crippen molar-refractivity contribution in [3.05, 3.63) is 35.5 Å². The summed E-state index contributed by atoms with van der Waals surface area (Å²) in [6, 6.07) is 5.99. The van der Waals surface area contributed by atoms with Gasteiger partial charge in [0.25, 0.3) is 0 Å². The van der Waals surface area contributed by atoms with Crippen LogP contribution < -0.4 is 5.32 Å². The van der Waals surface area contributed by atoms with Crippen LogP contribution in [0.2, 0.25) is 0 Å². The topological polar surface area (TPSA) is 31.4 Å².